The monoisotopic (exact) mass is 327 g/mol. The molecule has 0 amide bonds. The van der Waals surface area contributed by atoms with Crippen LogP contribution >= 0.6 is 0 Å². The van der Waals surface area contributed by atoms with Crippen LogP contribution in [-0.2, 0) is 11.2 Å². The zero-order chi connectivity index (χ0) is 16.9. The van der Waals surface area contributed by atoms with Crippen molar-refractivity contribution < 1.29 is 4.74 Å². The first-order valence-electron chi connectivity index (χ1n) is 8.65. The second-order valence-corrected chi connectivity index (χ2v) is 5.99. The molecule has 0 spiro atoms. The molecular formula is C18H25N5O. The van der Waals surface area contributed by atoms with Crippen molar-refractivity contribution in [2.24, 2.45) is 0 Å². The van der Waals surface area contributed by atoms with E-state index >= 15 is 0 Å². The van der Waals surface area contributed by atoms with Crippen molar-refractivity contribution in [1.82, 2.24) is 15.0 Å². The van der Waals surface area contributed by atoms with Crippen LogP contribution in [0.1, 0.15) is 32.4 Å². The molecule has 1 saturated heterocycles. The number of pyridine rings is 1. The van der Waals surface area contributed by atoms with Crippen LogP contribution in [0.15, 0.2) is 24.7 Å². The van der Waals surface area contributed by atoms with Gasteiger partial charge in [0.15, 0.2) is 0 Å². The molecule has 6 nitrogen and oxygen atoms in total. The van der Waals surface area contributed by atoms with Crippen molar-refractivity contribution >= 4 is 11.6 Å². The predicted molar refractivity (Wildman–Crippen MR) is 95.9 cm³/mol. The third kappa shape index (κ3) is 3.48. The largest absolute Gasteiger partial charge is 0.384 e. The molecule has 6 heteroatoms. The van der Waals surface area contributed by atoms with Gasteiger partial charge < -0.3 is 15.4 Å². The summed E-state index contributed by atoms with van der Waals surface area (Å²) in [6, 6.07) is 3.82. The molecule has 1 aliphatic heterocycles. The van der Waals surface area contributed by atoms with Gasteiger partial charge in [0, 0.05) is 37.0 Å². The van der Waals surface area contributed by atoms with Crippen molar-refractivity contribution in [3.8, 4) is 11.1 Å². The van der Waals surface area contributed by atoms with Gasteiger partial charge in [0.1, 0.15) is 18.0 Å². The van der Waals surface area contributed by atoms with Crippen molar-refractivity contribution in [3.63, 3.8) is 0 Å². The Balaban J connectivity index is 1.92. The maximum atomic E-state index is 5.76. The van der Waals surface area contributed by atoms with E-state index in [1.807, 2.05) is 18.3 Å². The Labute approximate surface area is 143 Å². The molecule has 3 rings (SSSR count). The summed E-state index contributed by atoms with van der Waals surface area (Å²) >= 11 is 0. The quantitative estimate of drug-likeness (QED) is 0.910. The molecular weight excluding hydrogens is 302 g/mol. The van der Waals surface area contributed by atoms with Crippen molar-refractivity contribution in [1.29, 1.82) is 0 Å². The third-order valence-corrected chi connectivity index (χ3v) is 4.46. The molecule has 0 aromatic carbocycles. The fraction of sp³-hybridized carbons (Fsp3) is 0.500. The van der Waals surface area contributed by atoms with Crippen LogP contribution in [0.5, 0.6) is 0 Å². The van der Waals surface area contributed by atoms with E-state index in [1.54, 1.807) is 6.33 Å². The number of piperidine rings is 1. The number of ether oxygens (including phenoxy) is 1. The van der Waals surface area contributed by atoms with E-state index < -0.39 is 0 Å². The number of nitrogens with zero attached hydrogens (tertiary/aromatic N) is 4. The number of nitrogens with two attached hydrogens (primary N) is 1. The van der Waals surface area contributed by atoms with Gasteiger partial charge in [-0.05, 0) is 38.3 Å². The highest BCUT2D eigenvalue weighted by Gasteiger charge is 2.24. The summed E-state index contributed by atoms with van der Waals surface area (Å²) in [4.78, 5) is 15.6. The Morgan fingerprint density at radius 3 is 2.58 bits per heavy atom. The Kier molecular flexibility index (Phi) is 5.25. The highest BCUT2D eigenvalue weighted by molar-refractivity contribution is 5.78. The second kappa shape index (κ2) is 7.57. The van der Waals surface area contributed by atoms with Crippen LogP contribution in [0, 0.1) is 0 Å². The third-order valence-electron chi connectivity index (χ3n) is 4.46. The molecule has 0 bridgehead atoms. The van der Waals surface area contributed by atoms with Crippen LogP contribution in [0.25, 0.3) is 11.1 Å². The van der Waals surface area contributed by atoms with Crippen LogP contribution in [0.3, 0.4) is 0 Å². The molecule has 128 valence electrons. The number of hydrogen-bond acceptors (Lipinski definition) is 6. The molecule has 0 atom stereocenters. The summed E-state index contributed by atoms with van der Waals surface area (Å²) in [5, 5.41) is 0. The standard InChI is InChI=1S/C18H25N5O/c1-3-15-17(13-5-6-16(19)20-11-13)18(22-12-21-15)23-9-7-14(8-10-23)24-4-2/h5-6,11-12,14H,3-4,7-10H2,1-2H3,(H2,19,20). The number of aryl methyl sites for hydroxylation is 1. The van der Waals surface area contributed by atoms with E-state index in [9.17, 15) is 0 Å². The van der Waals surface area contributed by atoms with E-state index in [-0.39, 0.29) is 0 Å². The van der Waals surface area contributed by atoms with E-state index in [2.05, 4.69) is 33.7 Å². The van der Waals surface area contributed by atoms with Crippen molar-refractivity contribution in [2.45, 2.75) is 39.2 Å². The van der Waals surface area contributed by atoms with E-state index in [0.29, 0.717) is 11.9 Å². The molecule has 1 aliphatic rings. The fourth-order valence-corrected chi connectivity index (χ4v) is 3.24. The highest BCUT2D eigenvalue weighted by Crippen LogP contribution is 2.33. The minimum Gasteiger partial charge on any atom is -0.384 e. The Morgan fingerprint density at radius 2 is 1.96 bits per heavy atom. The molecule has 0 unspecified atom stereocenters. The molecule has 24 heavy (non-hydrogen) atoms. The zero-order valence-electron chi connectivity index (χ0n) is 14.4. The van der Waals surface area contributed by atoms with Gasteiger partial charge in [-0.2, -0.15) is 0 Å². The van der Waals surface area contributed by atoms with Gasteiger partial charge in [-0.3, -0.25) is 0 Å². The van der Waals surface area contributed by atoms with Crippen LogP contribution < -0.4 is 10.6 Å². The predicted octanol–water partition coefficient (Wildman–Crippen LogP) is 2.69. The first kappa shape index (κ1) is 16.6. The summed E-state index contributed by atoms with van der Waals surface area (Å²) in [5.74, 6) is 1.51. The van der Waals surface area contributed by atoms with Crippen LogP contribution in [0.4, 0.5) is 11.6 Å². The summed E-state index contributed by atoms with van der Waals surface area (Å²) in [6.07, 6.45) is 6.74. The summed E-state index contributed by atoms with van der Waals surface area (Å²) in [5.41, 5.74) is 8.86. The smallest absolute Gasteiger partial charge is 0.140 e. The molecule has 0 aliphatic carbocycles. The first-order chi connectivity index (χ1) is 11.7. The van der Waals surface area contributed by atoms with E-state index in [1.165, 1.54) is 0 Å². The molecule has 2 aromatic heterocycles. The van der Waals surface area contributed by atoms with Gasteiger partial charge in [-0.25, -0.2) is 15.0 Å². The number of rotatable bonds is 5. The highest BCUT2D eigenvalue weighted by atomic mass is 16.5. The average Bonchev–Trinajstić information content (AvgIpc) is 2.63. The Morgan fingerprint density at radius 1 is 1.17 bits per heavy atom. The van der Waals surface area contributed by atoms with Gasteiger partial charge in [0.05, 0.1) is 11.8 Å². The lowest BCUT2D eigenvalue weighted by atomic mass is 10.0. The van der Waals surface area contributed by atoms with Crippen LogP contribution in [0.2, 0.25) is 0 Å². The molecule has 0 radical (unpaired) electrons. The van der Waals surface area contributed by atoms with Crippen molar-refractivity contribution in [2.75, 3.05) is 30.3 Å². The minimum atomic E-state index is 0.361. The fourth-order valence-electron chi connectivity index (χ4n) is 3.24. The lowest BCUT2D eigenvalue weighted by molar-refractivity contribution is 0.0458. The van der Waals surface area contributed by atoms with Gasteiger partial charge >= 0.3 is 0 Å². The molecule has 2 N–H and O–H groups in total. The number of aromatic nitrogens is 3. The van der Waals surface area contributed by atoms with Crippen LogP contribution in [-0.4, -0.2) is 40.8 Å². The van der Waals surface area contributed by atoms with Gasteiger partial charge in [0.2, 0.25) is 0 Å². The Hall–Kier alpha value is -2.21. The summed E-state index contributed by atoms with van der Waals surface area (Å²) in [7, 11) is 0. The SMILES string of the molecule is CCOC1CCN(c2ncnc(CC)c2-c2ccc(N)nc2)CC1. The zero-order valence-corrected chi connectivity index (χ0v) is 14.4. The molecule has 1 fully saturated rings. The number of anilines is 2. The maximum absolute atomic E-state index is 5.76. The molecule has 0 saturated carbocycles. The van der Waals surface area contributed by atoms with Gasteiger partial charge in [0.25, 0.3) is 0 Å². The average molecular weight is 327 g/mol. The number of nitrogen functional groups attached to an aromatic ring is 1. The van der Waals surface area contributed by atoms with Gasteiger partial charge in [-0.1, -0.05) is 6.92 Å². The topological polar surface area (TPSA) is 77.2 Å². The normalized spacial score (nSPS) is 15.7. The van der Waals surface area contributed by atoms with Gasteiger partial charge in [-0.15, -0.1) is 0 Å². The second-order valence-electron chi connectivity index (χ2n) is 5.99. The summed E-state index contributed by atoms with van der Waals surface area (Å²) < 4.78 is 5.76. The van der Waals surface area contributed by atoms with Crippen molar-refractivity contribution in [3.05, 3.63) is 30.4 Å². The summed E-state index contributed by atoms with van der Waals surface area (Å²) in [6.45, 7) is 6.83. The molecule has 3 heterocycles. The maximum Gasteiger partial charge on any atom is 0.140 e. The lowest BCUT2D eigenvalue weighted by Gasteiger charge is -2.34. The van der Waals surface area contributed by atoms with E-state index in [4.69, 9.17) is 10.5 Å². The van der Waals surface area contributed by atoms with E-state index in [0.717, 1.165) is 61.6 Å². The minimum absolute atomic E-state index is 0.361. The Bertz CT molecular complexity index is 666. The molecule has 2 aromatic rings. The lowest BCUT2D eigenvalue weighted by Crippen LogP contribution is -2.38. The first-order valence-corrected chi connectivity index (χ1v) is 8.65. The number of hydrogen-bond donors (Lipinski definition) is 1.